The normalized spacial score (nSPS) is 29.8. The van der Waals surface area contributed by atoms with Crippen LogP contribution in [-0.4, -0.2) is 0 Å². The van der Waals surface area contributed by atoms with E-state index in [4.69, 9.17) is 0 Å². The number of allylic oxidation sites excluding steroid dienone is 8. The summed E-state index contributed by atoms with van der Waals surface area (Å²) >= 11 is 0. The molecule has 0 radical (unpaired) electrons. The predicted octanol–water partition coefficient (Wildman–Crippen LogP) is 6.29. The molecule has 23 heavy (non-hydrogen) atoms. The quantitative estimate of drug-likeness (QED) is 0.503. The van der Waals surface area contributed by atoms with E-state index in [1.54, 1.807) is 33.4 Å². The first-order valence-corrected chi connectivity index (χ1v) is 9.25. The molecule has 4 aliphatic carbocycles. The van der Waals surface area contributed by atoms with Gasteiger partial charge in [0.25, 0.3) is 0 Å². The molecule has 4 aliphatic rings. The Balaban J connectivity index is 0.00000156. The number of hydrogen-bond donors (Lipinski definition) is 0. The molecule has 0 heterocycles. The Morgan fingerprint density at radius 1 is 0.696 bits per heavy atom. The molecule has 0 N–H and O–H groups in total. The molecule has 0 amide bonds. The maximum absolute atomic E-state index is 4.47. The van der Waals surface area contributed by atoms with Crippen LogP contribution in [0.15, 0.2) is 45.6 Å². The maximum atomic E-state index is 4.47. The zero-order valence-electron chi connectivity index (χ0n) is 14.3. The van der Waals surface area contributed by atoms with Crippen LogP contribution < -0.4 is 0 Å². The van der Waals surface area contributed by atoms with Gasteiger partial charge in [-0.15, -0.1) is 11.8 Å². The first-order chi connectivity index (χ1) is 10.7. The predicted molar refractivity (Wildman–Crippen MR) is 94.1 cm³/mol. The third-order valence-corrected chi connectivity index (χ3v) is 6.27. The molecule has 2 atom stereocenters. The molecular formula is C22H28Zr+2. The monoisotopic (exact) mass is 382 g/mol. The van der Waals surface area contributed by atoms with Crippen LogP contribution in [0.25, 0.3) is 0 Å². The van der Waals surface area contributed by atoms with Crippen LogP contribution in [-0.2, 0) is 26.2 Å². The van der Waals surface area contributed by atoms with Gasteiger partial charge in [0.15, 0.2) is 0 Å². The van der Waals surface area contributed by atoms with Crippen LogP contribution >= 0.6 is 0 Å². The van der Waals surface area contributed by atoms with Gasteiger partial charge in [-0.3, -0.25) is 0 Å². The molecule has 0 fully saturated rings. The van der Waals surface area contributed by atoms with E-state index in [1.807, 2.05) is 0 Å². The fraction of sp³-hybridized carbons (Fsp3) is 0.545. The summed E-state index contributed by atoms with van der Waals surface area (Å²) in [5, 5.41) is 0. The van der Waals surface area contributed by atoms with Crippen LogP contribution in [0.2, 0.25) is 0 Å². The standard InChI is InChI=1S/C22H28.Zr/c1-15-17(13-19-7-3-5-9-21(15)19)11-12-18-14-20-8-4-6-10-22(20)16(18)2;/h13-16H,1-12H2;/q-2;+4/t15-,16-;/m1./s1. The fourth-order valence-corrected chi connectivity index (χ4v) is 4.91. The molecule has 0 unspecified atom stereocenters. The Hall–Kier alpha value is -0.157. The van der Waals surface area contributed by atoms with Crippen LogP contribution in [0, 0.1) is 25.7 Å². The van der Waals surface area contributed by atoms with Crippen molar-refractivity contribution < 1.29 is 26.2 Å². The molecular weight excluding hydrogens is 355 g/mol. The third kappa shape index (κ3) is 3.33. The molecule has 0 saturated carbocycles. The maximum Gasteiger partial charge on any atom is 4.00 e. The van der Waals surface area contributed by atoms with E-state index >= 15 is 0 Å². The summed E-state index contributed by atoms with van der Waals surface area (Å²) in [5.41, 5.74) is 9.75. The molecule has 0 aromatic heterocycles. The van der Waals surface area contributed by atoms with E-state index < -0.39 is 0 Å². The van der Waals surface area contributed by atoms with E-state index in [-0.39, 0.29) is 26.2 Å². The molecule has 0 saturated heterocycles. The average Bonchev–Trinajstić information content (AvgIpc) is 3.04. The van der Waals surface area contributed by atoms with Gasteiger partial charge in [0.05, 0.1) is 0 Å². The van der Waals surface area contributed by atoms with Crippen molar-refractivity contribution in [3.63, 3.8) is 0 Å². The van der Waals surface area contributed by atoms with Gasteiger partial charge in [-0.05, 0) is 64.2 Å². The van der Waals surface area contributed by atoms with Crippen molar-refractivity contribution >= 4 is 0 Å². The molecule has 0 bridgehead atoms. The van der Waals surface area contributed by atoms with Crippen LogP contribution in [0.4, 0.5) is 0 Å². The van der Waals surface area contributed by atoms with Gasteiger partial charge in [0, 0.05) is 0 Å². The van der Waals surface area contributed by atoms with Crippen molar-refractivity contribution in [2.45, 2.75) is 64.2 Å². The summed E-state index contributed by atoms with van der Waals surface area (Å²) in [6.07, 6.45) is 18.0. The Morgan fingerprint density at radius 2 is 1.09 bits per heavy atom. The smallest absolute Gasteiger partial charge is 0.332 e. The third-order valence-electron chi connectivity index (χ3n) is 6.27. The Morgan fingerprint density at radius 3 is 1.48 bits per heavy atom. The van der Waals surface area contributed by atoms with Crippen LogP contribution in [0.3, 0.4) is 0 Å². The Labute approximate surface area is 161 Å². The molecule has 4 rings (SSSR count). The molecule has 0 spiro atoms. The molecule has 0 aromatic carbocycles. The van der Waals surface area contributed by atoms with Crippen molar-refractivity contribution in [2.24, 2.45) is 11.8 Å². The number of hydrogen-bond acceptors (Lipinski definition) is 0. The Bertz CT molecular complexity index is 545. The molecule has 0 aliphatic heterocycles. The second-order valence-electron chi connectivity index (χ2n) is 7.56. The van der Waals surface area contributed by atoms with Crippen molar-refractivity contribution in [1.82, 2.24) is 0 Å². The van der Waals surface area contributed by atoms with Gasteiger partial charge in [-0.25, -0.2) is 0 Å². The van der Waals surface area contributed by atoms with Gasteiger partial charge in [-0.2, -0.15) is 0 Å². The number of rotatable bonds is 3. The van der Waals surface area contributed by atoms with E-state index in [0.717, 1.165) is 0 Å². The van der Waals surface area contributed by atoms with Gasteiger partial charge in [-0.1, -0.05) is 45.6 Å². The van der Waals surface area contributed by atoms with Crippen LogP contribution in [0.5, 0.6) is 0 Å². The van der Waals surface area contributed by atoms with E-state index in [1.165, 1.54) is 64.2 Å². The van der Waals surface area contributed by atoms with Gasteiger partial charge in [0.2, 0.25) is 0 Å². The summed E-state index contributed by atoms with van der Waals surface area (Å²) in [6, 6.07) is 0. The van der Waals surface area contributed by atoms with Crippen LogP contribution in [0.1, 0.15) is 64.2 Å². The minimum atomic E-state index is 0. The summed E-state index contributed by atoms with van der Waals surface area (Å²) in [4.78, 5) is 0. The second-order valence-corrected chi connectivity index (χ2v) is 7.56. The van der Waals surface area contributed by atoms with Crippen molar-refractivity contribution in [1.29, 1.82) is 0 Å². The minimum Gasteiger partial charge on any atom is -0.332 e. The van der Waals surface area contributed by atoms with Gasteiger partial charge in [0.1, 0.15) is 0 Å². The topological polar surface area (TPSA) is 0 Å². The average molecular weight is 384 g/mol. The Kier molecular flexibility index (Phi) is 5.67. The van der Waals surface area contributed by atoms with E-state index in [9.17, 15) is 0 Å². The van der Waals surface area contributed by atoms with E-state index in [2.05, 4.69) is 26.0 Å². The zero-order valence-corrected chi connectivity index (χ0v) is 16.8. The SMILES string of the molecule is [CH2-][C@@H]1C(CCC2=CC3=C(CCCC3)[C@@H]2[CH2-])=CC2=C1CCCC2.[Zr+4]. The first kappa shape index (κ1) is 17.7. The summed E-state index contributed by atoms with van der Waals surface area (Å²) in [6.45, 7) is 8.94. The molecule has 1 heteroatoms. The van der Waals surface area contributed by atoms with Crippen molar-refractivity contribution in [2.75, 3.05) is 0 Å². The minimum absolute atomic E-state index is 0. The zero-order chi connectivity index (χ0) is 15.1. The largest absolute Gasteiger partial charge is 4.00 e. The summed E-state index contributed by atoms with van der Waals surface area (Å²) < 4.78 is 0. The van der Waals surface area contributed by atoms with Gasteiger partial charge >= 0.3 is 26.2 Å². The van der Waals surface area contributed by atoms with Crippen molar-refractivity contribution in [3.05, 3.63) is 59.4 Å². The second kappa shape index (κ2) is 7.39. The first-order valence-electron chi connectivity index (χ1n) is 9.25. The molecule has 0 aromatic rings. The molecule has 0 nitrogen and oxygen atoms in total. The van der Waals surface area contributed by atoms with Crippen molar-refractivity contribution in [3.8, 4) is 0 Å². The summed E-state index contributed by atoms with van der Waals surface area (Å²) in [5.74, 6) is 0.950. The van der Waals surface area contributed by atoms with Gasteiger partial charge < -0.3 is 13.8 Å². The summed E-state index contributed by atoms with van der Waals surface area (Å²) in [7, 11) is 0. The van der Waals surface area contributed by atoms with E-state index in [0.29, 0.717) is 11.8 Å². The fourth-order valence-electron chi connectivity index (χ4n) is 4.91. The molecule has 118 valence electrons.